The maximum atomic E-state index is 14.2. The molecule has 0 bridgehead atoms. The zero-order valence-corrected chi connectivity index (χ0v) is 27.9. The third-order valence-corrected chi connectivity index (χ3v) is 9.75. The number of benzene rings is 5. The molecule has 5 aromatic rings. The normalized spacial score (nSPS) is 17.2. The van der Waals surface area contributed by atoms with Crippen molar-refractivity contribution in [2.75, 3.05) is 5.75 Å². The summed E-state index contributed by atoms with van der Waals surface area (Å²) in [5, 5.41) is 21.4. The van der Waals surface area contributed by atoms with Gasteiger partial charge in [0.05, 0.1) is 24.4 Å². The number of aliphatic hydroxyl groups excluding tert-OH is 1. The topological polar surface area (TPSA) is 105 Å². The average Bonchev–Trinajstić information content (AvgIpc) is 3.18. The number of nitrogens with one attached hydrogen (secondary N) is 1. The minimum atomic E-state index is -2.35. The Morgan fingerprint density at radius 1 is 0.750 bits per heavy atom. The maximum Gasteiger partial charge on any atom is 0.336 e. The van der Waals surface area contributed by atoms with Crippen LogP contribution in [-0.4, -0.2) is 33.9 Å². The second-order valence-electron chi connectivity index (χ2n) is 11.9. The fourth-order valence-electron chi connectivity index (χ4n) is 5.82. The van der Waals surface area contributed by atoms with Crippen LogP contribution in [0.5, 0.6) is 0 Å². The predicted octanol–water partition coefficient (Wildman–Crippen LogP) is 8.51. The van der Waals surface area contributed by atoms with E-state index >= 15 is 0 Å². The molecule has 1 amide bonds. The van der Waals surface area contributed by atoms with Crippen molar-refractivity contribution in [2.45, 2.75) is 43.0 Å². The number of halogens is 5. The van der Waals surface area contributed by atoms with Gasteiger partial charge in [-0.15, -0.1) is 11.8 Å². The lowest BCUT2D eigenvalue weighted by atomic mass is 9.97. The second-order valence-corrected chi connectivity index (χ2v) is 12.9. The Morgan fingerprint density at radius 2 is 1.37 bits per heavy atom. The van der Waals surface area contributed by atoms with Gasteiger partial charge in [0.25, 0.3) is 5.91 Å². The first-order chi connectivity index (χ1) is 25.0. The Bertz CT molecular complexity index is 2070. The van der Waals surface area contributed by atoms with Crippen molar-refractivity contribution < 1.29 is 51.2 Å². The van der Waals surface area contributed by atoms with Crippen molar-refractivity contribution >= 4 is 23.6 Å². The van der Waals surface area contributed by atoms with Gasteiger partial charge in [0, 0.05) is 29.2 Å². The minimum Gasteiger partial charge on any atom is -0.478 e. The number of aromatic carboxylic acids is 1. The maximum absolute atomic E-state index is 14.2. The van der Waals surface area contributed by atoms with E-state index in [0.29, 0.717) is 39.3 Å². The van der Waals surface area contributed by atoms with Crippen LogP contribution in [0.4, 0.5) is 22.0 Å². The number of carboxylic acids is 1. The Balaban J connectivity index is 1.21. The van der Waals surface area contributed by atoms with E-state index in [1.165, 1.54) is 11.8 Å². The van der Waals surface area contributed by atoms with Gasteiger partial charge in [-0.2, -0.15) is 0 Å². The number of thioether (sulfide) groups is 1. The van der Waals surface area contributed by atoms with Crippen LogP contribution in [-0.2, 0) is 22.6 Å². The highest BCUT2D eigenvalue weighted by Gasteiger charge is 2.33. The molecular formula is C39H30F5NO6S. The van der Waals surface area contributed by atoms with Crippen molar-refractivity contribution in [1.82, 2.24) is 5.32 Å². The summed E-state index contributed by atoms with van der Waals surface area (Å²) >= 11 is 1.37. The molecule has 3 N–H and O–H groups in total. The lowest BCUT2D eigenvalue weighted by Crippen LogP contribution is -2.31. The minimum absolute atomic E-state index is 0.104. The smallest absolute Gasteiger partial charge is 0.336 e. The highest BCUT2D eigenvalue weighted by atomic mass is 32.2. The van der Waals surface area contributed by atoms with E-state index in [9.17, 15) is 41.8 Å². The Morgan fingerprint density at radius 3 is 2.04 bits per heavy atom. The first-order valence-electron chi connectivity index (χ1n) is 16.0. The molecule has 1 fully saturated rings. The second kappa shape index (κ2) is 16.1. The predicted molar refractivity (Wildman–Crippen MR) is 182 cm³/mol. The molecule has 5 aromatic carbocycles. The third-order valence-electron chi connectivity index (χ3n) is 8.54. The van der Waals surface area contributed by atoms with E-state index in [0.717, 1.165) is 11.1 Å². The highest BCUT2D eigenvalue weighted by molar-refractivity contribution is 7.99. The Hall–Kier alpha value is -5.08. The number of hydrogen-bond donors (Lipinski definition) is 3. The number of carbonyl (C=O) groups excluding carboxylic acids is 1. The summed E-state index contributed by atoms with van der Waals surface area (Å²) in [4.78, 5) is 25.0. The fourth-order valence-corrected chi connectivity index (χ4v) is 6.88. The van der Waals surface area contributed by atoms with E-state index in [2.05, 4.69) is 5.32 Å². The van der Waals surface area contributed by atoms with Crippen LogP contribution in [0.1, 0.15) is 61.8 Å². The number of amides is 1. The van der Waals surface area contributed by atoms with Crippen LogP contribution < -0.4 is 5.32 Å². The quantitative estimate of drug-likeness (QED) is 0.0541. The van der Waals surface area contributed by atoms with Gasteiger partial charge in [0.2, 0.25) is 5.82 Å². The van der Waals surface area contributed by atoms with Crippen LogP contribution in [0.25, 0.3) is 11.1 Å². The summed E-state index contributed by atoms with van der Waals surface area (Å²) in [6, 6.07) is 28.1. The van der Waals surface area contributed by atoms with Gasteiger partial charge in [-0.05, 0) is 39.9 Å². The number of aliphatic hydroxyl groups is 1. The van der Waals surface area contributed by atoms with E-state index in [1.807, 2.05) is 24.3 Å². The van der Waals surface area contributed by atoms with Gasteiger partial charge >= 0.3 is 5.97 Å². The standard InChI is InChI=1S/C39H30F5NO6S/c40-32-31(33(41)35(43)36(44)34(32)42)37(47)45-18-25-5-1-2-6-27(25)22-13-15-24(16-14-22)39-50-26(20-52-30-8-4-3-7-28(30)38(48)49)17-29(51-39)23-11-9-21(19-46)10-12-23/h1-16,26,29,39,46H,17-20H2,(H,45,47)(H,48,49)/t26-,29+,39+/m0/s1. The molecule has 6 rings (SSSR count). The molecule has 7 nitrogen and oxygen atoms in total. The molecule has 0 spiro atoms. The Labute approximate surface area is 299 Å². The molecule has 1 heterocycles. The van der Waals surface area contributed by atoms with Gasteiger partial charge in [0.15, 0.2) is 29.6 Å². The largest absolute Gasteiger partial charge is 0.478 e. The van der Waals surface area contributed by atoms with E-state index in [4.69, 9.17) is 9.47 Å². The molecule has 268 valence electrons. The molecule has 0 saturated carbocycles. The van der Waals surface area contributed by atoms with Gasteiger partial charge in [-0.1, -0.05) is 84.9 Å². The zero-order valence-electron chi connectivity index (χ0n) is 27.1. The molecule has 13 heteroatoms. The van der Waals surface area contributed by atoms with Crippen LogP contribution in [0.15, 0.2) is 102 Å². The summed E-state index contributed by atoms with van der Waals surface area (Å²) in [6.45, 7) is -0.390. The molecule has 3 atom stereocenters. The van der Waals surface area contributed by atoms with Crippen molar-refractivity contribution in [3.8, 4) is 11.1 Å². The molecule has 0 aliphatic carbocycles. The molecule has 1 aliphatic rings. The number of carboxylic acid groups (broad SMARTS) is 1. The zero-order chi connectivity index (χ0) is 36.9. The first-order valence-corrected chi connectivity index (χ1v) is 17.0. The first kappa shape index (κ1) is 36.7. The van der Waals surface area contributed by atoms with Crippen LogP contribution in [0.2, 0.25) is 0 Å². The number of ether oxygens (including phenoxy) is 2. The lowest BCUT2D eigenvalue weighted by molar-refractivity contribution is -0.245. The van der Waals surface area contributed by atoms with Gasteiger partial charge in [-0.3, -0.25) is 4.79 Å². The van der Waals surface area contributed by atoms with E-state index in [-0.39, 0.29) is 30.9 Å². The summed E-state index contributed by atoms with van der Waals surface area (Å²) in [7, 11) is 0. The lowest BCUT2D eigenvalue weighted by Gasteiger charge is -2.36. The summed E-state index contributed by atoms with van der Waals surface area (Å²) in [6.07, 6.45) is -1.04. The number of hydrogen-bond acceptors (Lipinski definition) is 6. The molecule has 52 heavy (non-hydrogen) atoms. The van der Waals surface area contributed by atoms with Gasteiger partial charge < -0.3 is 25.0 Å². The third kappa shape index (κ3) is 7.87. The Kier molecular flexibility index (Phi) is 11.3. The molecule has 0 aromatic heterocycles. The molecule has 1 aliphatic heterocycles. The van der Waals surface area contributed by atoms with Gasteiger partial charge in [-0.25, -0.2) is 26.7 Å². The summed E-state index contributed by atoms with van der Waals surface area (Å²) in [5.74, 6) is -13.3. The van der Waals surface area contributed by atoms with E-state index < -0.39 is 52.8 Å². The van der Waals surface area contributed by atoms with Gasteiger partial charge in [0.1, 0.15) is 5.56 Å². The van der Waals surface area contributed by atoms with Crippen molar-refractivity contribution in [3.05, 3.63) is 160 Å². The SMILES string of the molecule is O=C(O)c1ccccc1SC[C@@H]1C[C@H](c2ccc(CO)cc2)O[C@H](c2ccc(-c3ccccc3CNC(=O)c3c(F)c(F)c(F)c(F)c3F)cc2)O1. The summed E-state index contributed by atoms with van der Waals surface area (Å²) < 4.78 is 82.1. The van der Waals surface area contributed by atoms with Crippen LogP contribution in [0, 0.1) is 29.1 Å². The molecule has 1 saturated heterocycles. The molecular weight excluding hydrogens is 705 g/mol. The molecule has 0 unspecified atom stereocenters. The van der Waals surface area contributed by atoms with Crippen LogP contribution >= 0.6 is 11.8 Å². The van der Waals surface area contributed by atoms with Crippen molar-refractivity contribution in [2.24, 2.45) is 0 Å². The fraction of sp³-hybridized carbons (Fsp3) is 0.179. The monoisotopic (exact) mass is 735 g/mol. The average molecular weight is 736 g/mol. The van der Waals surface area contributed by atoms with E-state index in [1.54, 1.807) is 72.8 Å². The number of carbonyl (C=O) groups is 2. The highest BCUT2D eigenvalue weighted by Crippen LogP contribution is 2.40. The van der Waals surface area contributed by atoms with Crippen LogP contribution in [0.3, 0.4) is 0 Å². The number of rotatable bonds is 11. The van der Waals surface area contributed by atoms with Crippen molar-refractivity contribution in [1.29, 1.82) is 0 Å². The summed E-state index contributed by atoms with van der Waals surface area (Å²) in [5.41, 5.74) is 2.75. The van der Waals surface area contributed by atoms with Crippen molar-refractivity contribution in [3.63, 3.8) is 0 Å². The molecule has 0 radical (unpaired) electrons.